The lowest BCUT2D eigenvalue weighted by Crippen LogP contribution is -2.12. The summed E-state index contributed by atoms with van der Waals surface area (Å²) in [5.41, 5.74) is 2.03. The average Bonchev–Trinajstić information content (AvgIpc) is 2.40. The van der Waals surface area contributed by atoms with Gasteiger partial charge >= 0.3 is 5.97 Å². The number of rotatable bonds is 7. The van der Waals surface area contributed by atoms with Crippen molar-refractivity contribution in [3.8, 4) is 0 Å². The number of amides is 1. The summed E-state index contributed by atoms with van der Waals surface area (Å²) in [5.74, 6) is -0.323. The van der Waals surface area contributed by atoms with Crippen LogP contribution in [0.25, 0.3) is 0 Å². The highest BCUT2D eigenvalue weighted by atomic mass is 16.5. The smallest absolute Gasteiger partial charge is 0.305 e. The van der Waals surface area contributed by atoms with Gasteiger partial charge in [0.1, 0.15) is 0 Å². The zero-order chi connectivity index (χ0) is 14.1. The Hall–Kier alpha value is -1.84. The third-order valence-corrected chi connectivity index (χ3v) is 2.74. The summed E-state index contributed by atoms with van der Waals surface area (Å²) in [6.07, 6.45) is 2.11. The van der Waals surface area contributed by atoms with Crippen LogP contribution in [0, 0.1) is 0 Å². The van der Waals surface area contributed by atoms with Crippen LogP contribution in [0.2, 0.25) is 0 Å². The minimum Gasteiger partial charge on any atom is -0.466 e. The molecular weight excluding hydrogens is 242 g/mol. The maximum Gasteiger partial charge on any atom is 0.305 e. The van der Waals surface area contributed by atoms with E-state index in [1.165, 1.54) is 5.56 Å². The first-order valence-electron chi connectivity index (χ1n) is 6.70. The van der Waals surface area contributed by atoms with Gasteiger partial charge in [-0.3, -0.25) is 9.59 Å². The molecule has 0 aliphatic heterocycles. The van der Waals surface area contributed by atoms with Crippen LogP contribution in [0.5, 0.6) is 0 Å². The molecule has 0 unspecified atom stereocenters. The van der Waals surface area contributed by atoms with Crippen LogP contribution in [0.1, 0.15) is 38.7 Å². The summed E-state index contributed by atoms with van der Waals surface area (Å²) in [5, 5.41) is 2.81. The molecule has 0 fully saturated rings. The second-order valence-electron chi connectivity index (χ2n) is 4.26. The predicted octanol–water partition coefficient (Wildman–Crippen LogP) is 2.92. The van der Waals surface area contributed by atoms with E-state index in [0.29, 0.717) is 19.4 Å². The number of carbonyl (C=O) groups excluding carboxylic acids is 2. The van der Waals surface area contributed by atoms with Crippen molar-refractivity contribution in [3.63, 3.8) is 0 Å². The Morgan fingerprint density at radius 1 is 1.11 bits per heavy atom. The first-order chi connectivity index (χ1) is 9.15. The van der Waals surface area contributed by atoms with Gasteiger partial charge in [-0.25, -0.2) is 0 Å². The average molecular weight is 263 g/mol. The first kappa shape index (κ1) is 15.2. The van der Waals surface area contributed by atoms with Crippen LogP contribution in [0.3, 0.4) is 0 Å². The van der Waals surface area contributed by atoms with Gasteiger partial charge in [-0.2, -0.15) is 0 Å². The van der Waals surface area contributed by atoms with Gasteiger partial charge in [0.25, 0.3) is 0 Å². The molecule has 0 aliphatic rings. The zero-order valence-corrected chi connectivity index (χ0v) is 11.6. The Kier molecular flexibility index (Phi) is 6.64. The van der Waals surface area contributed by atoms with Gasteiger partial charge in [0.15, 0.2) is 0 Å². The number of anilines is 1. The third kappa shape index (κ3) is 6.04. The molecule has 1 N–H and O–H groups in total. The molecule has 0 saturated carbocycles. The summed E-state index contributed by atoms with van der Waals surface area (Å²) in [6.45, 7) is 4.24. The maximum absolute atomic E-state index is 11.6. The molecule has 1 rings (SSSR count). The Morgan fingerprint density at radius 2 is 1.79 bits per heavy atom. The molecule has 0 saturated heterocycles. The number of carbonyl (C=O) groups is 2. The molecule has 4 nitrogen and oxygen atoms in total. The fourth-order valence-electron chi connectivity index (χ4n) is 1.67. The van der Waals surface area contributed by atoms with Gasteiger partial charge in [0.2, 0.25) is 5.91 Å². The molecule has 0 aliphatic carbocycles. The summed E-state index contributed by atoms with van der Waals surface area (Å²) in [4.78, 5) is 22.7. The SMILES string of the molecule is CCOC(=O)CCCC(=O)Nc1ccc(CC)cc1. The van der Waals surface area contributed by atoms with Crippen LogP contribution in [-0.4, -0.2) is 18.5 Å². The van der Waals surface area contributed by atoms with E-state index in [4.69, 9.17) is 4.74 Å². The number of nitrogens with one attached hydrogen (secondary N) is 1. The van der Waals surface area contributed by atoms with Crippen molar-refractivity contribution in [1.82, 2.24) is 0 Å². The Labute approximate surface area is 114 Å². The van der Waals surface area contributed by atoms with Crippen molar-refractivity contribution in [2.45, 2.75) is 39.5 Å². The minimum absolute atomic E-state index is 0.0754. The molecule has 1 aromatic rings. The molecular formula is C15H21NO3. The fraction of sp³-hybridized carbons (Fsp3) is 0.467. The third-order valence-electron chi connectivity index (χ3n) is 2.74. The summed E-state index contributed by atoms with van der Waals surface area (Å²) >= 11 is 0. The summed E-state index contributed by atoms with van der Waals surface area (Å²) in [7, 11) is 0. The number of benzene rings is 1. The number of hydrogen-bond acceptors (Lipinski definition) is 3. The Bertz CT molecular complexity index is 412. The van der Waals surface area contributed by atoms with E-state index in [1.807, 2.05) is 24.3 Å². The van der Waals surface area contributed by atoms with E-state index in [1.54, 1.807) is 6.92 Å². The molecule has 0 atom stereocenters. The van der Waals surface area contributed by atoms with E-state index in [2.05, 4.69) is 12.2 Å². The predicted molar refractivity (Wildman–Crippen MR) is 74.9 cm³/mol. The van der Waals surface area contributed by atoms with Crippen LogP contribution >= 0.6 is 0 Å². The topological polar surface area (TPSA) is 55.4 Å². The lowest BCUT2D eigenvalue weighted by Gasteiger charge is -2.06. The van der Waals surface area contributed by atoms with Crippen molar-refractivity contribution in [1.29, 1.82) is 0 Å². The highest BCUT2D eigenvalue weighted by Crippen LogP contribution is 2.11. The molecule has 104 valence electrons. The second-order valence-corrected chi connectivity index (χ2v) is 4.26. The molecule has 0 bridgehead atoms. The number of ether oxygens (including phenoxy) is 1. The second kappa shape index (κ2) is 8.29. The highest BCUT2D eigenvalue weighted by Gasteiger charge is 2.06. The number of aryl methyl sites for hydroxylation is 1. The standard InChI is InChI=1S/C15H21NO3/c1-3-12-8-10-13(11-9-12)16-14(17)6-5-7-15(18)19-4-2/h8-11H,3-7H2,1-2H3,(H,16,17). The zero-order valence-electron chi connectivity index (χ0n) is 11.6. The number of esters is 1. The first-order valence-corrected chi connectivity index (χ1v) is 6.70. The van der Waals surface area contributed by atoms with Crippen molar-refractivity contribution in [3.05, 3.63) is 29.8 Å². The van der Waals surface area contributed by atoms with Gasteiger partial charge in [-0.15, -0.1) is 0 Å². The van der Waals surface area contributed by atoms with Crippen molar-refractivity contribution in [2.24, 2.45) is 0 Å². The quantitative estimate of drug-likeness (QED) is 0.769. The summed E-state index contributed by atoms with van der Waals surface area (Å²) < 4.78 is 4.80. The van der Waals surface area contributed by atoms with Crippen LogP contribution in [0.15, 0.2) is 24.3 Å². The van der Waals surface area contributed by atoms with E-state index < -0.39 is 0 Å². The van der Waals surface area contributed by atoms with E-state index in [-0.39, 0.29) is 18.3 Å². The fourth-order valence-corrected chi connectivity index (χ4v) is 1.67. The normalized spacial score (nSPS) is 10.0. The molecule has 0 heterocycles. The molecule has 4 heteroatoms. The van der Waals surface area contributed by atoms with Crippen LogP contribution < -0.4 is 5.32 Å². The van der Waals surface area contributed by atoms with E-state index in [0.717, 1.165) is 12.1 Å². The molecule has 0 radical (unpaired) electrons. The van der Waals surface area contributed by atoms with Crippen molar-refractivity contribution in [2.75, 3.05) is 11.9 Å². The van der Waals surface area contributed by atoms with Crippen LogP contribution in [-0.2, 0) is 20.7 Å². The largest absolute Gasteiger partial charge is 0.466 e. The Balaban J connectivity index is 2.28. The van der Waals surface area contributed by atoms with Crippen molar-refractivity contribution >= 4 is 17.6 Å². The van der Waals surface area contributed by atoms with E-state index >= 15 is 0 Å². The van der Waals surface area contributed by atoms with Crippen LogP contribution in [0.4, 0.5) is 5.69 Å². The van der Waals surface area contributed by atoms with Crippen molar-refractivity contribution < 1.29 is 14.3 Å². The molecule has 0 aromatic heterocycles. The molecule has 19 heavy (non-hydrogen) atoms. The van der Waals surface area contributed by atoms with Gasteiger partial charge in [-0.05, 0) is 37.5 Å². The van der Waals surface area contributed by atoms with Gasteiger partial charge in [0, 0.05) is 18.5 Å². The minimum atomic E-state index is -0.248. The van der Waals surface area contributed by atoms with Gasteiger partial charge in [-0.1, -0.05) is 19.1 Å². The Morgan fingerprint density at radius 3 is 2.37 bits per heavy atom. The monoisotopic (exact) mass is 263 g/mol. The molecule has 1 amide bonds. The van der Waals surface area contributed by atoms with E-state index in [9.17, 15) is 9.59 Å². The highest BCUT2D eigenvalue weighted by molar-refractivity contribution is 5.90. The number of hydrogen-bond donors (Lipinski definition) is 1. The lowest BCUT2D eigenvalue weighted by atomic mass is 10.1. The van der Waals surface area contributed by atoms with Gasteiger partial charge < -0.3 is 10.1 Å². The maximum atomic E-state index is 11.6. The van der Waals surface area contributed by atoms with Gasteiger partial charge in [0.05, 0.1) is 6.61 Å². The lowest BCUT2D eigenvalue weighted by molar-refractivity contribution is -0.143. The molecule has 1 aromatic carbocycles. The molecule has 0 spiro atoms. The summed E-state index contributed by atoms with van der Waals surface area (Å²) in [6, 6.07) is 7.77.